The molecule has 5 nitrogen and oxygen atoms in total. The van der Waals surface area contributed by atoms with E-state index in [0.717, 1.165) is 27.0 Å². The number of thiazole rings is 2. The molecule has 3 N–H and O–H groups in total. The monoisotopic (exact) mass is 331 g/mol. The van der Waals surface area contributed by atoms with Crippen LogP contribution in [0.3, 0.4) is 0 Å². The van der Waals surface area contributed by atoms with Gasteiger partial charge in [0.2, 0.25) is 0 Å². The van der Waals surface area contributed by atoms with Gasteiger partial charge in [0.1, 0.15) is 5.75 Å². The molecular formula is C15H13N3O2S2. The third kappa shape index (κ3) is 3.00. The van der Waals surface area contributed by atoms with Crippen molar-refractivity contribution >= 4 is 28.6 Å². The summed E-state index contributed by atoms with van der Waals surface area (Å²) in [6.45, 7) is 1.98. The van der Waals surface area contributed by atoms with Crippen LogP contribution in [-0.2, 0) is 6.42 Å². The highest BCUT2D eigenvalue weighted by atomic mass is 32.1. The van der Waals surface area contributed by atoms with Crippen LogP contribution in [0.15, 0.2) is 29.0 Å². The van der Waals surface area contributed by atoms with E-state index in [1.165, 1.54) is 6.07 Å². The first kappa shape index (κ1) is 14.7. The van der Waals surface area contributed by atoms with Gasteiger partial charge in [-0.3, -0.25) is 4.79 Å². The minimum atomic E-state index is -0.659. The number of nitrogens with two attached hydrogens (primary N) is 1. The van der Waals surface area contributed by atoms with Gasteiger partial charge in [-0.25, -0.2) is 9.97 Å². The fraction of sp³-hybridized carbons (Fsp3) is 0.133. The SMILES string of the molecule is Cc1nc(Cc2nc(-c3ccc(O)c(C(N)=O)c3)cs2)cs1. The summed E-state index contributed by atoms with van der Waals surface area (Å²) in [5, 5.41) is 15.6. The van der Waals surface area contributed by atoms with E-state index in [1.54, 1.807) is 34.8 Å². The van der Waals surface area contributed by atoms with Crippen LogP contribution in [0.4, 0.5) is 0 Å². The molecular weight excluding hydrogens is 318 g/mol. The molecule has 0 aliphatic rings. The standard InChI is InChI=1S/C15H13N3O2S2/c1-8-17-10(6-21-8)5-14-18-12(7-22-14)9-2-3-13(19)11(4-9)15(16)20/h2-4,6-7,19H,5H2,1H3,(H2,16,20). The van der Waals surface area contributed by atoms with E-state index in [-0.39, 0.29) is 11.3 Å². The van der Waals surface area contributed by atoms with E-state index in [2.05, 4.69) is 9.97 Å². The molecule has 0 saturated carbocycles. The van der Waals surface area contributed by atoms with Crippen LogP contribution >= 0.6 is 22.7 Å². The summed E-state index contributed by atoms with van der Waals surface area (Å²) in [5.41, 5.74) is 7.87. The maximum Gasteiger partial charge on any atom is 0.252 e. The van der Waals surface area contributed by atoms with Gasteiger partial charge >= 0.3 is 0 Å². The van der Waals surface area contributed by atoms with E-state index in [9.17, 15) is 9.90 Å². The summed E-state index contributed by atoms with van der Waals surface area (Å²) >= 11 is 3.16. The number of aryl methyl sites for hydroxylation is 1. The summed E-state index contributed by atoms with van der Waals surface area (Å²) in [4.78, 5) is 20.3. The van der Waals surface area contributed by atoms with Gasteiger partial charge in [0.05, 0.1) is 27.0 Å². The molecule has 22 heavy (non-hydrogen) atoms. The van der Waals surface area contributed by atoms with Gasteiger partial charge in [-0.2, -0.15) is 0 Å². The number of aromatic nitrogens is 2. The molecule has 2 aromatic heterocycles. The molecule has 0 aliphatic heterocycles. The highest BCUT2D eigenvalue weighted by Gasteiger charge is 2.12. The van der Waals surface area contributed by atoms with Crippen LogP contribution in [0, 0.1) is 6.92 Å². The molecule has 7 heteroatoms. The van der Waals surface area contributed by atoms with Crippen LogP contribution in [0.25, 0.3) is 11.3 Å². The first-order valence-corrected chi connectivity index (χ1v) is 8.27. The van der Waals surface area contributed by atoms with Crippen LogP contribution in [-0.4, -0.2) is 21.0 Å². The Bertz CT molecular complexity index is 839. The van der Waals surface area contributed by atoms with Crippen molar-refractivity contribution < 1.29 is 9.90 Å². The number of hydrogen-bond donors (Lipinski definition) is 2. The zero-order valence-corrected chi connectivity index (χ0v) is 13.4. The molecule has 0 unspecified atom stereocenters. The summed E-state index contributed by atoms with van der Waals surface area (Å²) in [6.07, 6.45) is 0.690. The Labute approximate surface area is 135 Å². The molecule has 1 aromatic carbocycles. The molecule has 1 amide bonds. The highest BCUT2D eigenvalue weighted by molar-refractivity contribution is 7.10. The van der Waals surface area contributed by atoms with Gasteiger partial charge in [-0.15, -0.1) is 22.7 Å². The molecule has 0 bridgehead atoms. The van der Waals surface area contributed by atoms with E-state index < -0.39 is 5.91 Å². The minimum absolute atomic E-state index is 0.0992. The predicted molar refractivity (Wildman–Crippen MR) is 87.4 cm³/mol. The molecule has 112 valence electrons. The number of primary amides is 1. The van der Waals surface area contributed by atoms with Crippen LogP contribution < -0.4 is 5.73 Å². The van der Waals surface area contributed by atoms with Crippen molar-refractivity contribution in [3.63, 3.8) is 0 Å². The lowest BCUT2D eigenvalue weighted by molar-refractivity contribution is 0.0998. The zero-order valence-electron chi connectivity index (χ0n) is 11.7. The average molecular weight is 331 g/mol. The van der Waals surface area contributed by atoms with Crippen molar-refractivity contribution in [2.24, 2.45) is 5.73 Å². The summed E-state index contributed by atoms with van der Waals surface area (Å²) in [7, 11) is 0. The summed E-state index contributed by atoms with van der Waals surface area (Å²) < 4.78 is 0. The second-order valence-corrected chi connectivity index (χ2v) is 6.76. The second-order valence-electron chi connectivity index (χ2n) is 4.76. The number of nitrogens with zero attached hydrogens (tertiary/aromatic N) is 2. The van der Waals surface area contributed by atoms with Crippen molar-refractivity contribution in [3.8, 4) is 17.0 Å². The van der Waals surface area contributed by atoms with E-state index >= 15 is 0 Å². The molecule has 0 fully saturated rings. The fourth-order valence-corrected chi connectivity index (χ4v) is 3.49. The number of rotatable bonds is 4. The van der Waals surface area contributed by atoms with Gasteiger partial charge in [-0.05, 0) is 25.1 Å². The van der Waals surface area contributed by atoms with Crippen LogP contribution in [0.2, 0.25) is 0 Å². The van der Waals surface area contributed by atoms with E-state index in [0.29, 0.717) is 6.42 Å². The highest BCUT2D eigenvalue weighted by Crippen LogP contribution is 2.27. The largest absolute Gasteiger partial charge is 0.507 e. The topological polar surface area (TPSA) is 89.1 Å². The van der Waals surface area contributed by atoms with Crippen LogP contribution in [0.1, 0.15) is 26.1 Å². The normalized spacial score (nSPS) is 10.8. The van der Waals surface area contributed by atoms with Crippen molar-refractivity contribution in [3.05, 3.63) is 50.2 Å². The summed E-state index contributed by atoms with van der Waals surface area (Å²) in [6, 6.07) is 4.73. The van der Waals surface area contributed by atoms with E-state index in [4.69, 9.17) is 5.73 Å². The number of amides is 1. The number of carbonyl (C=O) groups is 1. The van der Waals surface area contributed by atoms with Gasteiger partial charge in [-0.1, -0.05) is 0 Å². The third-order valence-electron chi connectivity index (χ3n) is 3.11. The molecule has 3 rings (SSSR count). The molecule has 0 saturated heterocycles. The Morgan fingerprint density at radius 2 is 2.09 bits per heavy atom. The van der Waals surface area contributed by atoms with E-state index in [1.807, 2.05) is 17.7 Å². The third-order valence-corrected chi connectivity index (χ3v) is 4.78. The molecule has 0 spiro atoms. The number of carbonyl (C=O) groups excluding carboxylic acids is 1. The zero-order chi connectivity index (χ0) is 15.7. The van der Waals surface area contributed by atoms with Gasteiger partial charge in [0.15, 0.2) is 0 Å². The van der Waals surface area contributed by atoms with Gasteiger partial charge in [0.25, 0.3) is 5.91 Å². The number of hydrogen-bond acceptors (Lipinski definition) is 6. The smallest absolute Gasteiger partial charge is 0.252 e. The molecule has 0 atom stereocenters. The van der Waals surface area contributed by atoms with Crippen molar-refractivity contribution in [1.29, 1.82) is 0 Å². The Morgan fingerprint density at radius 1 is 1.27 bits per heavy atom. The molecule has 0 radical (unpaired) electrons. The maximum atomic E-state index is 11.3. The maximum absolute atomic E-state index is 11.3. The first-order valence-electron chi connectivity index (χ1n) is 6.51. The minimum Gasteiger partial charge on any atom is -0.507 e. The number of aromatic hydroxyl groups is 1. The molecule has 3 aromatic rings. The van der Waals surface area contributed by atoms with Crippen molar-refractivity contribution in [2.45, 2.75) is 13.3 Å². The van der Waals surface area contributed by atoms with Crippen LogP contribution in [0.5, 0.6) is 5.75 Å². The lowest BCUT2D eigenvalue weighted by Gasteiger charge is -2.02. The molecule has 0 aliphatic carbocycles. The lowest BCUT2D eigenvalue weighted by atomic mass is 10.1. The van der Waals surface area contributed by atoms with Gasteiger partial charge in [0, 0.05) is 22.7 Å². The average Bonchev–Trinajstić information content (AvgIpc) is 3.09. The van der Waals surface area contributed by atoms with Gasteiger partial charge < -0.3 is 10.8 Å². The number of benzene rings is 1. The predicted octanol–water partition coefficient (Wildman–Crippen LogP) is 2.97. The van der Waals surface area contributed by atoms with Crippen molar-refractivity contribution in [2.75, 3.05) is 0 Å². The number of phenols is 1. The Hall–Kier alpha value is -2.25. The second kappa shape index (κ2) is 5.86. The first-order chi connectivity index (χ1) is 10.5. The summed E-state index contributed by atoms with van der Waals surface area (Å²) in [5.74, 6) is -0.780. The Balaban J connectivity index is 1.87. The fourth-order valence-electron chi connectivity index (χ4n) is 2.06. The van der Waals surface area contributed by atoms with Crippen molar-refractivity contribution in [1.82, 2.24) is 9.97 Å². The quantitative estimate of drug-likeness (QED) is 0.769. The molecule has 2 heterocycles. The Morgan fingerprint density at radius 3 is 2.77 bits per heavy atom. The Kier molecular flexibility index (Phi) is 3.91. The lowest BCUT2D eigenvalue weighted by Crippen LogP contribution is -2.11.